The second-order valence-corrected chi connectivity index (χ2v) is 28.4. The van der Waals surface area contributed by atoms with Gasteiger partial charge in [-0.15, -0.1) is 0 Å². The lowest BCUT2D eigenvalue weighted by molar-refractivity contribution is 0.483. The van der Waals surface area contributed by atoms with E-state index in [9.17, 15) is 0 Å². The first-order valence-electron chi connectivity index (χ1n) is 31.4. The zero-order valence-electron chi connectivity index (χ0n) is 54.2. The summed E-state index contributed by atoms with van der Waals surface area (Å²) in [6, 6.07) is 61.0. The van der Waals surface area contributed by atoms with Gasteiger partial charge in [0, 0.05) is 58.0 Å². The maximum absolute atomic E-state index is 17.1. The van der Waals surface area contributed by atoms with Crippen LogP contribution < -0.4 is 14.5 Å². The molecule has 0 N–H and O–H groups in total. The lowest BCUT2D eigenvalue weighted by atomic mass is 9.78. The van der Waals surface area contributed by atoms with Crippen LogP contribution in [0.5, 0.6) is 11.5 Å². The van der Waals surface area contributed by atoms with Crippen LogP contribution in [-0.4, -0.2) is 16.2 Å². The lowest BCUT2D eigenvalue weighted by Gasteiger charge is -2.30. The van der Waals surface area contributed by atoms with Gasteiger partial charge in [0.2, 0.25) is 0 Å². The van der Waals surface area contributed by atoms with Crippen molar-refractivity contribution in [2.24, 2.45) is 0 Å². The third-order valence-corrected chi connectivity index (χ3v) is 17.8. The topological polar surface area (TPSA) is 33.5 Å². The fraction of sp³-hybridized carbons (Fsp3) is 0.272. The van der Waals surface area contributed by atoms with Crippen molar-refractivity contribution in [3.8, 4) is 61.8 Å². The highest BCUT2D eigenvalue weighted by Crippen LogP contribution is 2.54. The Morgan fingerprint density at radius 1 is 0.438 bits per heavy atom. The number of nitrogens with zero attached hydrogens (tertiary/aromatic N) is 4. The summed E-state index contributed by atoms with van der Waals surface area (Å²) in [6.07, 6.45) is 1.90. The first kappa shape index (κ1) is 60.4. The predicted octanol–water partition coefficient (Wildman–Crippen LogP) is 23.6. The van der Waals surface area contributed by atoms with Crippen molar-refractivity contribution in [2.75, 3.05) is 16.5 Å². The molecule has 452 valence electrons. The van der Waals surface area contributed by atoms with E-state index in [1.54, 1.807) is 0 Å². The molecule has 0 fully saturated rings. The summed E-state index contributed by atoms with van der Waals surface area (Å²) in [4.78, 5) is 9.46. The van der Waals surface area contributed by atoms with E-state index >= 15 is 13.2 Å². The van der Waals surface area contributed by atoms with Crippen molar-refractivity contribution in [3.63, 3.8) is 0 Å². The highest BCUT2D eigenvalue weighted by molar-refractivity contribution is 6.09. The van der Waals surface area contributed by atoms with E-state index in [2.05, 4.69) is 240 Å². The third-order valence-electron chi connectivity index (χ3n) is 17.8. The van der Waals surface area contributed by atoms with Gasteiger partial charge in [-0.2, -0.15) is 0 Å². The minimum atomic E-state index is -0.990. The van der Waals surface area contributed by atoms with Gasteiger partial charge in [0.05, 0.1) is 33.7 Å². The van der Waals surface area contributed by atoms with Crippen LogP contribution in [0.25, 0.3) is 72.1 Å². The summed E-state index contributed by atoms with van der Waals surface area (Å²) in [5, 5.41) is 2.21. The highest BCUT2D eigenvalue weighted by atomic mass is 19.1. The molecule has 0 amide bonds. The first-order valence-corrected chi connectivity index (χ1v) is 31.4. The Morgan fingerprint density at radius 3 is 1.64 bits per heavy atom. The molecule has 5 nitrogen and oxygen atoms in total. The van der Waals surface area contributed by atoms with Gasteiger partial charge in [-0.05, 0) is 162 Å². The molecule has 9 aromatic carbocycles. The summed E-state index contributed by atoms with van der Waals surface area (Å²) in [5.74, 6) is -0.152. The molecule has 0 bridgehead atoms. The second kappa shape index (κ2) is 22.9. The molecule has 0 aliphatic carbocycles. The smallest absolute Gasteiger partial charge is 0.137 e. The molecular formula is C81H81F3N4O. The normalized spacial score (nSPS) is 13.0. The SMILES string of the molecule is CC(C)c1cc(C(C)C)c(-c2cc(Oc3ccc4c5ccccc5n(-c5cc(C(C)(C)C)ccn5)c4c3)cc(N3CN(c4c(-c5cc(C(C)(C)C)cc(C(C)(C)C)c5)cc(-c5ccccc5)cc4-c4c(F)cc(F)cc4F)c4ccccc43)c2)c(C(C)C)c1. The Kier molecular flexibility index (Phi) is 15.6. The van der Waals surface area contributed by atoms with Gasteiger partial charge in [0.25, 0.3) is 0 Å². The molecule has 0 atom stereocenters. The molecule has 0 spiro atoms. The average molecular weight is 1180 g/mol. The van der Waals surface area contributed by atoms with Crippen LogP contribution >= 0.6 is 0 Å². The van der Waals surface area contributed by atoms with Crippen LogP contribution in [0.4, 0.5) is 35.9 Å². The lowest BCUT2D eigenvalue weighted by Crippen LogP contribution is -2.25. The van der Waals surface area contributed by atoms with Gasteiger partial charge in [-0.1, -0.05) is 195 Å². The van der Waals surface area contributed by atoms with E-state index in [-0.39, 0.29) is 40.3 Å². The van der Waals surface area contributed by atoms with E-state index in [0.717, 1.165) is 95.8 Å². The Morgan fingerprint density at radius 2 is 1.02 bits per heavy atom. The van der Waals surface area contributed by atoms with Crippen LogP contribution in [0.1, 0.15) is 155 Å². The van der Waals surface area contributed by atoms with Gasteiger partial charge < -0.3 is 14.5 Å². The zero-order chi connectivity index (χ0) is 63.2. The fourth-order valence-electron chi connectivity index (χ4n) is 12.8. The molecule has 8 heteroatoms. The molecule has 89 heavy (non-hydrogen) atoms. The fourth-order valence-corrected chi connectivity index (χ4v) is 12.8. The molecule has 1 aliphatic heterocycles. The Balaban J connectivity index is 1.11. The number of hydrogen-bond acceptors (Lipinski definition) is 4. The number of fused-ring (bicyclic) bond motifs is 4. The number of hydrogen-bond donors (Lipinski definition) is 0. The number of benzene rings is 9. The van der Waals surface area contributed by atoms with Gasteiger partial charge in [-0.25, -0.2) is 18.2 Å². The summed E-state index contributed by atoms with van der Waals surface area (Å²) in [5.41, 5.74) is 17.3. The largest absolute Gasteiger partial charge is 0.457 e. The molecule has 2 aromatic heterocycles. The molecule has 0 radical (unpaired) electrons. The van der Waals surface area contributed by atoms with Crippen LogP contribution in [0, 0.1) is 17.5 Å². The maximum Gasteiger partial charge on any atom is 0.137 e. The van der Waals surface area contributed by atoms with Crippen LogP contribution in [0.2, 0.25) is 0 Å². The minimum Gasteiger partial charge on any atom is -0.457 e. The number of para-hydroxylation sites is 3. The summed E-state index contributed by atoms with van der Waals surface area (Å²) < 4.78 is 58.9. The van der Waals surface area contributed by atoms with E-state index < -0.39 is 17.5 Å². The van der Waals surface area contributed by atoms with Crippen molar-refractivity contribution in [3.05, 3.63) is 239 Å². The summed E-state index contributed by atoms with van der Waals surface area (Å²) in [7, 11) is 0. The molecule has 12 rings (SSSR count). The standard InChI is InChI=1S/C81H81F3N4O/c1-48(2)52-37-65(49(3)4)76(66(38-52)50(5)6)55-35-60(45-62(36-55)89-61-29-30-64-63-25-19-20-26-71(63)88(74(64)46-61)75-42-56(31-32-85-75)79(7,8)9)86-47-87(73-28-22-21-27-72(73)86)78-67(54-33-57(80(10,11)12)41-58(34-54)81(13,14)15)39-53(51-23-17-16-18-24-51)40-68(78)77-69(83)43-59(82)44-70(77)84/h16-46,48-50H,47H2,1-15H3. The number of ether oxygens (including phenoxy) is 1. The molecule has 3 heterocycles. The van der Waals surface area contributed by atoms with Crippen molar-refractivity contribution in [1.29, 1.82) is 0 Å². The quantitative estimate of drug-likeness (QED) is 0.122. The van der Waals surface area contributed by atoms with Crippen LogP contribution in [-0.2, 0) is 16.2 Å². The Hall–Kier alpha value is -8.88. The summed E-state index contributed by atoms with van der Waals surface area (Å²) in [6.45, 7) is 33.8. The molecule has 11 aromatic rings. The number of anilines is 4. The predicted molar refractivity (Wildman–Crippen MR) is 367 cm³/mol. The monoisotopic (exact) mass is 1180 g/mol. The van der Waals surface area contributed by atoms with E-state index in [0.29, 0.717) is 28.7 Å². The first-order chi connectivity index (χ1) is 42.2. The molecule has 1 aliphatic rings. The van der Waals surface area contributed by atoms with Crippen molar-refractivity contribution in [2.45, 2.75) is 138 Å². The molecule has 0 unspecified atom stereocenters. The van der Waals surface area contributed by atoms with E-state index in [4.69, 9.17) is 9.72 Å². The van der Waals surface area contributed by atoms with Crippen molar-refractivity contribution in [1.82, 2.24) is 9.55 Å². The number of halogens is 3. The third kappa shape index (κ3) is 11.5. The second-order valence-electron chi connectivity index (χ2n) is 28.4. The van der Waals surface area contributed by atoms with Gasteiger partial charge in [0.15, 0.2) is 0 Å². The molecule has 0 saturated carbocycles. The Bertz CT molecular complexity index is 4450. The highest BCUT2D eigenvalue weighted by Gasteiger charge is 2.35. The van der Waals surface area contributed by atoms with E-state index in [1.165, 1.54) is 27.8 Å². The Labute approximate surface area is 524 Å². The number of rotatable bonds is 12. The maximum atomic E-state index is 17.1. The van der Waals surface area contributed by atoms with Crippen LogP contribution in [0.3, 0.4) is 0 Å². The molecule has 0 saturated heterocycles. The summed E-state index contributed by atoms with van der Waals surface area (Å²) >= 11 is 0. The van der Waals surface area contributed by atoms with Gasteiger partial charge >= 0.3 is 0 Å². The van der Waals surface area contributed by atoms with Gasteiger partial charge in [-0.3, -0.25) is 4.57 Å². The van der Waals surface area contributed by atoms with Gasteiger partial charge in [0.1, 0.15) is 41.4 Å². The van der Waals surface area contributed by atoms with Crippen LogP contribution in [0.15, 0.2) is 188 Å². The number of aromatic nitrogens is 2. The van der Waals surface area contributed by atoms with Crippen molar-refractivity contribution < 1.29 is 17.9 Å². The molecular weight excluding hydrogens is 1100 g/mol. The number of pyridine rings is 1. The zero-order valence-corrected chi connectivity index (χ0v) is 54.2. The minimum absolute atomic E-state index is 0.0927. The van der Waals surface area contributed by atoms with Crippen molar-refractivity contribution >= 4 is 44.6 Å². The van der Waals surface area contributed by atoms with E-state index in [1.807, 2.05) is 54.7 Å². The average Bonchev–Trinajstić information content (AvgIpc) is 2.23.